The molecule has 0 fully saturated rings. The van der Waals surface area contributed by atoms with Crippen LogP contribution in [0.2, 0.25) is 0 Å². The van der Waals surface area contributed by atoms with E-state index in [1.54, 1.807) is 0 Å². The van der Waals surface area contributed by atoms with Crippen molar-refractivity contribution in [2.24, 2.45) is 10.8 Å². The minimum Gasteiger partial charge on any atom is -0.456 e. The lowest BCUT2D eigenvalue weighted by molar-refractivity contribution is 0.398. The highest BCUT2D eigenvalue weighted by Crippen LogP contribution is 2.50. The van der Waals surface area contributed by atoms with Crippen molar-refractivity contribution >= 4 is 21.5 Å². The Morgan fingerprint density at radius 1 is 0.806 bits per heavy atom. The summed E-state index contributed by atoms with van der Waals surface area (Å²) in [6, 6.07) is 17.6. The molecule has 2 heterocycles. The van der Waals surface area contributed by atoms with Crippen LogP contribution in [0.15, 0.2) is 54.7 Å². The summed E-state index contributed by atoms with van der Waals surface area (Å²) in [4.78, 5) is 4.85. The second-order valence-electron chi connectivity index (χ2n) is 11.4. The Bertz CT molecular complexity index is 1320. The van der Waals surface area contributed by atoms with Crippen LogP contribution in [0, 0.1) is 10.8 Å². The lowest BCUT2D eigenvalue weighted by Crippen LogP contribution is -2.13. The van der Waals surface area contributed by atoms with Gasteiger partial charge in [-0.1, -0.05) is 71.9 Å². The zero-order valence-electron chi connectivity index (χ0n) is 19.5. The number of nitrogens with zero attached hydrogens (tertiary/aromatic N) is 1. The first-order chi connectivity index (χ1) is 14.6. The summed E-state index contributed by atoms with van der Waals surface area (Å²) in [5.41, 5.74) is 5.11. The number of hydrogen-bond donors (Lipinski definition) is 0. The third-order valence-corrected chi connectivity index (χ3v) is 5.90. The number of hydrogen-bond acceptors (Lipinski definition) is 2. The van der Waals surface area contributed by atoms with Gasteiger partial charge in [-0.25, -0.2) is 0 Å². The SMILES string of the molecule is CC(C)(C)Cc1cc2c3c(nccc3c1)-c1cc3ccccc3c(CC(C)(C)C)c1O2. The molecule has 0 saturated carbocycles. The fourth-order valence-electron chi connectivity index (χ4n) is 4.85. The maximum Gasteiger partial charge on any atom is 0.140 e. The molecule has 0 spiro atoms. The standard InChI is InChI=1S/C29H31NO/c1-28(2,3)16-18-13-20-11-12-30-26-22-15-19-9-7-8-10-21(19)23(17-29(4,5)6)27(22)31-24(14-18)25(20)26/h7-15H,16-17H2,1-6H3. The van der Waals surface area contributed by atoms with Crippen LogP contribution < -0.4 is 4.74 Å². The molecule has 1 aliphatic heterocycles. The molecule has 0 aliphatic carbocycles. The molecule has 4 aromatic rings. The van der Waals surface area contributed by atoms with E-state index < -0.39 is 0 Å². The number of aromatic nitrogens is 1. The van der Waals surface area contributed by atoms with Gasteiger partial charge in [-0.3, -0.25) is 4.98 Å². The Morgan fingerprint density at radius 2 is 1.55 bits per heavy atom. The highest BCUT2D eigenvalue weighted by Gasteiger charge is 2.28. The highest BCUT2D eigenvalue weighted by atomic mass is 16.5. The van der Waals surface area contributed by atoms with E-state index in [2.05, 4.69) is 90.1 Å². The van der Waals surface area contributed by atoms with Crippen LogP contribution in [0.3, 0.4) is 0 Å². The monoisotopic (exact) mass is 409 g/mol. The zero-order valence-corrected chi connectivity index (χ0v) is 19.5. The van der Waals surface area contributed by atoms with Crippen LogP contribution in [-0.4, -0.2) is 4.98 Å². The van der Waals surface area contributed by atoms with E-state index in [1.165, 1.54) is 27.3 Å². The second-order valence-corrected chi connectivity index (χ2v) is 11.4. The first-order valence-electron chi connectivity index (χ1n) is 11.2. The van der Waals surface area contributed by atoms with Gasteiger partial charge in [0, 0.05) is 17.3 Å². The van der Waals surface area contributed by atoms with Gasteiger partial charge in [0.05, 0.1) is 11.1 Å². The van der Waals surface area contributed by atoms with Gasteiger partial charge in [0.15, 0.2) is 0 Å². The molecular weight excluding hydrogens is 378 g/mol. The minimum absolute atomic E-state index is 0.148. The van der Waals surface area contributed by atoms with Gasteiger partial charge in [0.1, 0.15) is 11.5 Å². The number of ether oxygens (including phenoxy) is 1. The summed E-state index contributed by atoms with van der Waals surface area (Å²) < 4.78 is 6.75. The first kappa shape index (κ1) is 20.1. The predicted octanol–water partition coefficient (Wildman–Crippen LogP) is 8.34. The Labute approximate surface area is 185 Å². The molecule has 0 atom stereocenters. The van der Waals surface area contributed by atoms with E-state index in [4.69, 9.17) is 9.72 Å². The molecule has 2 heteroatoms. The molecular formula is C29H31NO. The van der Waals surface area contributed by atoms with Gasteiger partial charge in [0.2, 0.25) is 0 Å². The summed E-state index contributed by atoms with van der Waals surface area (Å²) in [7, 11) is 0. The van der Waals surface area contributed by atoms with Gasteiger partial charge in [0.25, 0.3) is 0 Å². The molecule has 0 unspecified atom stereocenters. The summed E-state index contributed by atoms with van der Waals surface area (Å²) in [5.74, 6) is 1.92. The van der Waals surface area contributed by atoms with Crippen LogP contribution in [0.4, 0.5) is 0 Å². The van der Waals surface area contributed by atoms with E-state index in [0.29, 0.717) is 0 Å². The lowest BCUT2D eigenvalue weighted by Gasteiger charge is -2.28. The summed E-state index contributed by atoms with van der Waals surface area (Å²) in [6.45, 7) is 13.7. The molecule has 31 heavy (non-hydrogen) atoms. The molecule has 1 aliphatic rings. The average molecular weight is 410 g/mol. The maximum absolute atomic E-state index is 6.75. The van der Waals surface area contributed by atoms with Crippen molar-refractivity contribution in [3.8, 4) is 22.8 Å². The van der Waals surface area contributed by atoms with Crippen LogP contribution in [0.1, 0.15) is 52.7 Å². The summed E-state index contributed by atoms with van der Waals surface area (Å²) in [6.07, 6.45) is 3.90. The first-order valence-corrected chi connectivity index (χ1v) is 11.2. The van der Waals surface area contributed by atoms with Gasteiger partial charge in [-0.15, -0.1) is 0 Å². The van der Waals surface area contributed by atoms with E-state index in [0.717, 1.165) is 41.0 Å². The number of rotatable bonds is 2. The fraction of sp³-hybridized carbons (Fsp3) is 0.345. The van der Waals surface area contributed by atoms with Crippen LogP contribution in [0.5, 0.6) is 11.5 Å². The normalized spacial score (nSPS) is 13.4. The third-order valence-electron chi connectivity index (χ3n) is 5.90. The van der Waals surface area contributed by atoms with Crippen molar-refractivity contribution in [3.05, 3.63) is 65.9 Å². The molecule has 0 N–H and O–H groups in total. The number of pyridine rings is 1. The maximum atomic E-state index is 6.75. The van der Waals surface area contributed by atoms with E-state index in [-0.39, 0.29) is 10.8 Å². The summed E-state index contributed by atoms with van der Waals surface area (Å²) >= 11 is 0. The quantitative estimate of drug-likeness (QED) is 0.292. The van der Waals surface area contributed by atoms with Crippen molar-refractivity contribution < 1.29 is 4.74 Å². The van der Waals surface area contributed by atoms with E-state index in [1.807, 2.05) is 6.20 Å². The van der Waals surface area contributed by atoms with Gasteiger partial charge in [-0.05, 0) is 63.6 Å². The Kier molecular flexibility index (Phi) is 4.41. The Balaban J connectivity index is 1.80. The van der Waals surface area contributed by atoms with Crippen molar-refractivity contribution in [1.82, 2.24) is 4.98 Å². The predicted molar refractivity (Wildman–Crippen MR) is 131 cm³/mol. The van der Waals surface area contributed by atoms with Crippen LogP contribution in [-0.2, 0) is 12.8 Å². The molecule has 0 radical (unpaired) electrons. The zero-order chi connectivity index (χ0) is 22.0. The molecule has 1 aromatic heterocycles. The third kappa shape index (κ3) is 3.69. The molecule has 0 bridgehead atoms. The number of fused-ring (bicyclic) bond motifs is 3. The Morgan fingerprint density at radius 3 is 2.29 bits per heavy atom. The van der Waals surface area contributed by atoms with E-state index in [9.17, 15) is 0 Å². The van der Waals surface area contributed by atoms with Crippen molar-refractivity contribution in [1.29, 1.82) is 0 Å². The molecule has 0 saturated heterocycles. The second kappa shape index (κ2) is 6.82. The van der Waals surface area contributed by atoms with Crippen LogP contribution in [0.25, 0.3) is 32.8 Å². The van der Waals surface area contributed by atoms with Gasteiger partial charge in [-0.2, -0.15) is 0 Å². The van der Waals surface area contributed by atoms with Gasteiger partial charge < -0.3 is 4.74 Å². The Hall–Kier alpha value is -2.87. The fourth-order valence-corrected chi connectivity index (χ4v) is 4.85. The van der Waals surface area contributed by atoms with Crippen molar-refractivity contribution in [2.75, 3.05) is 0 Å². The molecule has 3 aromatic carbocycles. The van der Waals surface area contributed by atoms with E-state index >= 15 is 0 Å². The van der Waals surface area contributed by atoms with Crippen LogP contribution >= 0.6 is 0 Å². The minimum atomic E-state index is 0.148. The topological polar surface area (TPSA) is 22.1 Å². The average Bonchev–Trinajstić information content (AvgIpc) is 2.66. The molecule has 5 rings (SSSR count). The highest BCUT2D eigenvalue weighted by molar-refractivity contribution is 6.06. The molecule has 0 amide bonds. The number of benzene rings is 3. The van der Waals surface area contributed by atoms with Crippen molar-refractivity contribution in [3.63, 3.8) is 0 Å². The molecule has 2 nitrogen and oxygen atoms in total. The molecule has 158 valence electrons. The van der Waals surface area contributed by atoms with Gasteiger partial charge >= 0.3 is 0 Å². The summed E-state index contributed by atoms with van der Waals surface area (Å²) in [5, 5.41) is 4.86. The largest absolute Gasteiger partial charge is 0.456 e. The van der Waals surface area contributed by atoms with Crippen molar-refractivity contribution in [2.45, 2.75) is 54.4 Å². The smallest absolute Gasteiger partial charge is 0.140 e. The lowest BCUT2D eigenvalue weighted by atomic mass is 9.83.